The van der Waals surface area contributed by atoms with Crippen LogP contribution >= 0.6 is 0 Å². The van der Waals surface area contributed by atoms with E-state index in [2.05, 4.69) is 52.4 Å². The lowest BCUT2D eigenvalue weighted by Crippen LogP contribution is -2.46. The summed E-state index contributed by atoms with van der Waals surface area (Å²) in [4.78, 5) is 0. The van der Waals surface area contributed by atoms with Crippen molar-refractivity contribution in [2.45, 2.75) is 134 Å². The molecule has 0 amide bonds. The van der Waals surface area contributed by atoms with E-state index >= 15 is 0 Å². The van der Waals surface area contributed by atoms with Crippen LogP contribution in [0.1, 0.15) is 38.5 Å². The zero-order valence-corrected chi connectivity index (χ0v) is 36.8. The molecule has 0 rings (SSSR count). The van der Waals surface area contributed by atoms with Crippen LogP contribution in [-0.4, -0.2) is 107 Å². The van der Waals surface area contributed by atoms with Crippen molar-refractivity contribution >= 4 is 50.9 Å². The first-order valence-corrected chi connectivity index (χ1v) is 32.6. The molecule has 0 aliphatic heterocycles. The van der Waals surface area contributed by atoms with Gasteiger partial charge in [0.2, 0.25) is 0 Å². The van der Waals surface area contributed by atoms with Crippen molar-refractivity contribution in [3.8, 4) is 0 Å². The molecule has 9 nitrogen and oxygen atoms in total. The fourth-order valence-corrected chi connectivity index (χ4v) is 27.8. The fraction of sp³-hybridized carbons (Fsp3) is 1.00. The van der Waals surface area contributed by atoms with Gasteiger partial charge in [-0.05, 0) is 102 Å². The molecule has 0 aromatic rings. The summed E-state index contributed by atoms with van der Waals surface area (Å²) in [7, 11) is -2.52. The summed E-state index contributed by atoms with van der Waals surface area (Å²) in [5, 5.41) is 0. The summed E-state index contributed by atoms with van der Waals surface area (Å²) >= 11 is 0. The molecule has 0 aliphatic rings. The highest BCUT2D eigenvalue weighted by Crippen LogP contribution is 2.29. The van der Waals surface area contributed by atoms with Crippen molar-refractivity contribution in [3.63, 3.8) is 0 Å². The van der Waals surface area contributed by atoms with Gasteiger partial charge in [-0.25, -0.2) is 4.39 Å². The third-order valence-electron chi connectivity index (χ3n) is 8.18. The molecule has 0 heterocycles. The number of unbranched alkanes of at least 4 members (excludes halogenated alkanes) is 1. The van der Waals surface area contributed by atoms with Gasteiger partial charge in [0.25, 0.3) is 0 Å². The van der Waals surface area contributed by atoms with E-state index < -0.39 is 57.2 Å². The molecule has 1 atom stereocenters. The minimum Gasteiger partial charge on any atom is -0.455 e. The Bertz CT molecular complexity index is 681. The van der Waals surface area contributed by atoms with Crippen molar-refractivity contribution < 1.29 is 43.9 Å². The Morgan fingerprint density at radius 1 is 0.432 bits per heavy atom. The summed E-state index contributed by atoms with van der Waals surface area (Å²) in [6.45, 7) is 18.7. The van der Waals surface area contributed by atoms with E-state index in [9.17, 15) is 4.39 Å². The average Bonchev–Trinajstić information content (AvgIpc) is 2.93. The molecule has 1 unspecified atom stereocenters. The Morgan fingerprint density at radius 2 is 0.750 bits per heavy atom. The van der Waals surface area contributed by atoms with Crippen LogP contribution in [0, 0.1) is 0 Å². The highest BCUT2D eigenvalue weighted by Gasteiger charge is 2.40. The first kappa shape index (κ1) is 44.9. The van der Waals surface area contributed by atoms with Gasteiger partial charge in [-0.3, -0.25) is 0 Å². The van der Waals surface area contributed by atoms with Gasteiger partial charge < -0.3 is 39.5 Å². The van der Waals surface area contributed by atoms with E-state index in [1.807, 2.05) is 0 Å². The summed E-state index contributed by atoms with van der Waals surface area (Å²) in [6, 6.07) is 5.65. The molecule has 0 aromatic carbocycles. The van der Waals surface area contributed by atoms with Crippen molar-refractivity contribution in [1.29, 1.82) is 0 Å². The molecule has 0 saturated heterocycles. The van der Waals surface area contributed by atoms with E-state index in [-0.39, 0.29) is 0 Å². The first-order chi connectivity index (χ1) is 20.3. The highest BCUT2D eigenvalue weighted by molar-refractivity contribution is 6.85. The minimum absolute atomic E-state index is 0.440. The van der Waals surface area contributed by atoms with Crippen LogP contribution in [0.2, 0.25) is 88.6 Å². The van der Waals surface area contributed by atoms with Crippen molar-refractivity contribution in [2.75, 3.05) is 49.3 Å². The third-order valence-corrected chi connectivity index (χ3v) is 28.9. The number of hydrogen-bond donors (Lipinski definition) is 0. The molecule has 44 heavy (non-hydrogen) atoms. The van der Waals surface area contributed by atoms with Crippen LogP contribution in [0.3, 0.4) is 0 Å². The smallest absolute Gasteiger partial charge is 0.455 e. The van der Waals surface area contributed by atoms with Gasteiger partial charge in [0.05, 0.1) is 0 Å². The summed E-state index contributed by atoms with van der Waals surface area (Å²) in [6.07, 6.45) is 3.78. The maximum Gasteiger partial charge on any atom is 0.500 e. The molecular formula is C28H69FO9Si6. The Hall–Kier alpha value is 0.871. The van der Waals surface area contributed by atoms with Crippen molar-refractivity contribution in [2.24, 2.45) is 0 Å². The van der Waals surface area contributed by atoms with Crippen molar-refractivity contribution in [3.05, 3.63) is 0 Å². The number of halogens is 1. The Labute approximate surface area is 276 Å². The Kier molecular flexibility index (Phi) is 21.5. The second kappa shape index (κ2) is 21.1. The van der Waals surface area contributed by atoms with Gasteiger partial charge >= 0.3 is 17.6 Å². The first-order valence-electron chi connectivity index (χ1n) is 16.3. The monoisotopic (exact) mass is 736 g/mol. The van der Waals surface area contributed by atoms with Gasteiger partial charge in [0.1, 0.15) is 0 Å². The second-order valence-electron chi connectivity index (χ2n) is 14.2. The Morgan fingerprint density at radius 3 is 1.09 bits per heavy atom. The van der Waals surface area contributed by atoms with Crippen LogP contribution in [-0.2, 0) is 39.5 Å². The highest BCUT2D eigenvalue weighted by atomic mass is 28.4. The quantitative estimate of drug-likeness (QED) is 0.0583. The summed E-state index contributed by atoms with van der Waals surface area (Å²) in [5.41, 5.74) is 0. The second-order valence-corrected chi connectivity index (χ2v) is 38.1. The molecule has 0 spiro atoms. The van der Waals surface area contributed by atoms with Crippen molar-refractivity contribution in [1.82, 2.24) is 0 Å². The lowest BCUT2D eigenvalue weighted by atomic mass is 10.2. The Balaban J connectivity index is 4.34. The minimum atomic E-state index is -2.54. The molecular weight excluding hydrogens is 668 g/mol. The summed E-state index contributed by atoms with van der Waals surface area (Å²) < 4.78 is 66.9. The van der Waals surface area contributed by atoms with E-state index in [1.165, 1.54) is 0 Å². The number of hydrogen-bond acceptors (Lipinski definition) is 9. The van der Waals surface area contributed by atoms with Gasteiger partial charge in [0, 0.05) is 67.8 Å². The van der Waals surface area contributed by atoms with E-state index in [4.69, 9.17) is 39.5 Å². The van der Waals surface area contributed by atoms with Crippen LogP contribution in [0.5, 0.6) is 0 Å². The molecule has 0 N–H and O–H groups in total. The lowest BCUT2D eigenvalue weighted by Gasteiger charge is -2.35. The van der Waals surface area contributed by atoms with Gasteiger partial charge in [0.15, 0.2) is 39.6 Å². The zero-order chi connectivity index (χ0) is 34.1. The number of rotatable bonds is 28. The maximum absolute atomic E-state index is 14.5. The molecule has 16 heteroatoms. The standard InChI is InChI=1S/C28H69FO9Si6/c1-30-43(31-2,32-3)26-18-24-41(11,12)37-39(7,8)22-16-15-20-28(29)36-21-17-23-40(9,10)38-42(13,14)25-19-27-44(33-4,34-5)35-6/h28H,15-27H2,1-14H3. The molecule has 0 aliphatic carbocycles. The molecule has 0 bridgehead atoms. The van der Waals surface area contributed by atoms with Gasteiger partial charge in [-0.1, -0.05) is 6.42 Å². The largest absolute Gasteiger partial charge is 0.500 e. The SMILES string of the molecule is CO[Si](CCC[Si](C)(C)O[Si](C)(C)CCCCC(F)OCCC[Si](C)(C)O[Si](C)(C)CCC[Si](OC)(OC)OC)(OC)OC. The van der Waals surface area contributed by atoms with Gasteiger partial charge in [-0.15, -0.1) is 0 Å². The predicted molar refractivity (Wildman–Crippen MR) is 193 cm³/mol. The van der Waals surface area contributed by atoms with Gasteiger partial charge in [-0.2, -0.15) is 0 Å². The molecule has 0 aromatic heterocycles. The predicted octanol–water partition coefficient (Wildman–Crippen LogP) is 8.25. The maximum atomic E-state index is 14.5. The van der Waals surface area contributed by atoms with Crippen LogP contribution < -0.4 is 0 Å². The average molecular weight is 737 g/mol. The molecule has 0 saturated carbocycles. The third kappa shape index (κ3) is 19.0. The number of alkyl halides is 1. The normalized spacial score (nSPS) is 14.8. The summed E-state index contributed by atoms with van der Waals surface area (Å²) in [5.74, 6) is 0. The topological polar surface area (TPSA) is 83.1 Å². The number of ether oxygens (including phenoxy) is 1. The molecule has 266 valence electrons. The fourth-order valence-electron chi connectivity index (χ4n) is 5.92. The van der Waals surface area contributed by atoms with Crippen LogP contribution in [0.15, 0.2) is 0 Å². The van der Waals surface area contributed by atoms with Crippen LogP contribution in [0.25, 0.3) is 0 Å². The molecule has 0 fully saturated rings. The van der Waals surface area contributed by atoms with E-state index in [0.717, 1.165) is 68.4 Å². The lowest BCUT2D eigenvalue weighted by molar-refractivity contribution is -0.0442. The van der Waals surface area contributed by atoms with Crippen LogP contribution in [0.4, 0.5) is 4.39 Å². The molecule has 0 radical (unpaired) electrons. The zero-order valence-electron chi connectivity index (χ0n) is 30.8. The van der Waals surface area contributed by atoms with E-state index in [0.29, 0.717) is 13.0 Å². The van der Waals surface area contributed by atoms with E-state index in [1.54, 1.807) is 42.7 Å².